The Labute approximate surface area is 168 Å². The molecule has 0 fully saturated rings. The summed E-state index contributed by atoms with van der Waals surface area (Å²) in [5.41, 5.74) is 2.54. The van der Waals surface area contributed by atoms with Crippen molar-refractivity contribution in [3.8, 4) is 5.75 Å². The Balaban J connectivity index is 1.91. The average molecular weight is 455 g/mol. The minimum atomic E-state index is -3.59. The highest BCUT2D eigenvalue weighted by atomic mass is 79.9. The minimum absolute atomic E-state index is 0.280. The zero-order valence-corrected chi connectivity index (χ0v) is 17.9. The van der Waals surface area contributed by atoms with Gasteiger partial charge in [0.25, 0.3) is 0 Å². The fraction of sp³-hybridized carbons (Fsp3) is 0.316. The molecule has 2 aromatic carbocycles. The number of ether oxygens (including phenoxy) is 1. The summed E-state index contributed by atoms with van der Waals surface area (Å²) in [4.78, 5) is 12.2. The van der Waals surface area contributed by atoms with Gasteiger partial charge in [0.2, 0.25) is 15.9 Å². The molecule has 0 aromatic heterocycles. The summed E-state index contributed by atoms with van der Waals surface area (Å²) in [6.07, 6.45) is 1.07. The first-order chi connectivity index (χ1) is 12.7. The van der Waals surface area contributed by atoms with E-state index in [0.717, 1.165) is 31.9 Å². The topological polar surface area (TPSA) is 75.7 Å². The number of hydrogen-bond donors (Lipinski definition) is 1. The molecule has 1 amide bonds. The molecule has 6 nitrogen and oxygen atoms in total. The monoisotopic (exact) mass is 454 g/mol. The van der Waals surface area contributed by atoms with Crippen LogP contribution in [0.15, 0.2) is 46.9 Å². The Morgan fingerprint density at radius 1 is 1.19 bits per heavy atom. The fourth-order valence-corrected chi connectivity index (χ4v) is 3.67. The highest BCUT2D eigenvalue weighted by molar-refractivity contribution is 9.10. The van der Waals surface area contributed by atoms with Crippen molar-refractivity contribution in [2.75, 3.05) is 30.3 Å². The molecule has 0 aliphatic rings. The normalized spacial score (nSPS) is 11.1. The number of anilines is 1. The van der Waals surface area contributed by atoms with Crippen LogP contribution in [0.3, 0.4) is 0 Å². The van der Waals surface area contributed by atoms with Crippen LogP contribution in [0.2, 0.25) is 0 Å². The predicted molar refractivity (Wildman–Crippen MR) is 111 cm³/mol. The molecule has 2 rings (SSSR count). The maximum absolute atomic E-state index is 12.2. The zero-order valence-electron chi connectivity index (χ0n) is 15.5. The molecule has 8 heteroatoms. The van der Waals surface area contributed by atoms with Gasteiger partial charge in [0.1, 0.15) is 18.9 Å². The van der Waals surface area contributed by atoms with Crippen molar-refractivity contribution in [2.45, 2.75) is 13.8 Å². The second kappa shape index (κ2) is 9.23. The summed E-state index contributed by atoms with van der Waals surface area (Å²) < 4.78 is 31.6. The Bertz CT molecular complexity index is 916. The number of aryl methyl sites for hydroxylation is 2. The lowest BCUT2D eigenvalue weighted by Crippen LogP contribution is -2.41. The minimum Gasteiger partial charge on any atom is -0.491 e. The third-order valence-corrected chi connectivity index (χ3v) is 5.44. The summed E-state index contributed by atoms with van der Waals surface area (Å²) in [5, 5.41) is 2.69. The van der Waals surface area contributed by atoms with E-state index >= 15 is 0 Å². The van der Waals surface area contributed by atoms with Crippen molar-refractivity contribution in [1.82, 2.24) is 5.32 Å². The van der Waals surface area contributed by atoms with Crippen molar-refractivity contribution in [1.29, 1.82) is 0 Å². The van der Waals surface area contributed by atoms with E-state index in [9.17, 15) is 13.2 Å². The highest BCUT2D eigenvalue weighted by Crippen LogP contribution is 2.22. The Morgan fingerprint density at radius 2 is 1.93 bits per heavy atom. The highest BCUT2D eigenvalue weighted by Gasteiger charge is 2.20. The number of carbonyl (C=O) groups is 1. The Morgan fingerprint density at radius 3 is 2.59 bits per heavy atom. The Kier molecular flexibility index (Phi) is 7.26. The van der Waals surface area contributed by atoms with Crippen LogP contribution < -0.4 is 14.4 Å². The third-order valence-electron chi connectivity index (χ3n) is 3.81. The SMILES string of the molecule is Cc1ccc(C)c(OCCNC(=O)CN(c2cccc(Br)c2)S(C)(=O)=O)c1. The van der Waals surface area contributed by atoms with E-state index in [4.69, 9.17) is 4.74 Å². The van der Waals surface area contributed by atoms with Gasteiger partial charge in [-0.1, -0.05) is 34.1 Å². The summed E-state index contributed by atoms with van der Waals surface area (Å²) >= 11 is 3.31. The van der Waals surface area contributed by atoms with Crippen LogP contribution in [0, 0.1) is 13.8 Å². The van der Waals surface area contributed by atoms with Crippen LogP contribution in [0.1, 0.15) is 11.1 Å². The van der Waals surface area contributed by atoms with E-state index in [1.165, 1.54) is 0 Å². The van der Waals surface area contributed by atoms with E-state index in [-0.39, 0.29) is 13.1 Å². The van der Waals surface area contributed by atoms with E-state index < -0.39 is 15.9 Å². The number of amides is 1. The quantitative estimate of drug-likeness (QED) is 0.621. The number of sulfonamides is 1. The van der Waals surface area contributed by atoms with Gasteiger partial charge in [-0.05, 0) is 49.2 Å². The molecule has 0 bridgehead atoms. The molecule has 0 saturated carbocycles. The lowest BCUT2D eigenvalue weighted by atomic mass is 10.1. The van der Waals surface area contributed by atoms with Crippen molar-refractivity contribution >= 4 is 37.5 Å². The van der Waals surface area contributed by atoms with Crippen molar-refractivity contribution in [3.05, 3.63) is 58.1 Å². The number of benzene rings is 2. The van der Waals surface area contributed by atoms with Crippen molar-refractivity contribution in [3.63, 3.8) is 0 Å². The second-order valence-corrected chi connectivity index (χ2v) is 9.04. The molecule has 0 radical (unpaired) electrons. The van der Waals surface area contributed by atoms with E-state index in [2.05, 4.69) is 21.2 Å². The molecule has 0 atom stereocenters. The molecule has 0 saturated heterocycles. The van der Waals surface area contributed by atoms with Crippen LogP contribution >= 0.6 is 15.9 Å². The number of rotatable bonds is 8. The van der Waals surface area contributed by atoms with Crippen LogP contribution in [0.5, 0.6) is 5.75 Å². The van der Waals surface area contributed by atoms with Crippen molar-refractivity contribution in [2.24, 2.45) is 0 Å². The van der Waals surface area contributed by atoms with Gasteiger partial charge < -0.3 is 10.1 Å². The van der Waals surface area contributed by atoms with Crippen LogP contribution in [-0.2, 0) is 14.8 Å². The standard InChI is InChI=1S/C19H23BrN2O4S/c1-14-7-8-15(2)18(11-14)26-10-9-21-19(23)13-22(27(3,24)25)17-6-4-5-16(20)12-17/h4-8,11-12H,9-10,13H2,1-3H3,(H,21,23). The van der Waals surface area contributed by atoms with Gasteiger partial charge >= 0.3 is 0 Å². The van der Waals surface area contributed by atoms with E-state index in [0.29, 0.717) is 12.3 Å². The first-order valence-electron chi connectivity index (χ1n) is 8.37. The Hall–Kier alpha value is -2.06. The van der Waals surface area contributed by atoms with Gasteiger partial charge in [-0.2, -0.15) is 0 Å². The molecule has 146 valence electrons. The zero-order chi connectivity index (χ0) is 20.0. The van der Waals surface area contributed by atoms with Gasteiger partial charge in [0.15, 0.2) is 0 Å². The molecule has 0 aliphatic heterocycles. The molecular weight excluding hydrogens is 432 g/mol. The maximum atomic E-state index is 12.2. The largest absolute Gasteiger partial charge is 0.491 e. The molecule has 0 heterocycles. The van der Waals surface area contributed by atoms with E-state index in [1.807, 2.05) is 32.0 Å². The summed E-state index contributed by atoms with van der Waals surface area (Å²) in [6, 6.07) is 12.7. The average Bonchev–Trinajstić information content (AvgIpc) is 2.58. The molecule has 27 heavy (non-hydrogen) atoms. The van der Waals surface area contributed by atoms with Gasteiger partial charge in [-0.3, -0.25) is 9.10 Å². The first kappa shape index (κ1) is 21.2. The fourth-order valence-electron chi connectivity index (χ4n) is 2.43. The van der Waals surface area contributed by atoms with Crippen LogP contribution in [-0.4, -0.2) is 40.3 Å². The number of hydrogen-bond acceptors (Lipinski definition) is 4. The second-order valence-electron chi connectivity index (χ2n) is 6.22. The van der Waals surface area contributed by atoms with Crippen molar-refractivity contribution < 1.29 is 17.9 Å². The first-order valence-corrected chi connectivity index (χ1v) is 11.0. The molecule has 1 N–H and O–H groups in total. The van der Waals surface area contributed by atoms with E-state index in [1.54, 1.807) is 24.3 Å². The number of carbonyl (C=O) groups excluding carboxylic acids is 1. The lowest BCUT2D eigenvalue weighted by molar-refractivity contribution is -0.119. The van der Waals surface area contributed by atoms with Gasteiger partial charge in [0, 0.05) is 4.47 Å². The third kappa shape index (κ3) is 6.55. The van der Waals surface area contributed by atoms with Gasteiger partial charge in [0.05, 0.1) is 18.5 Å². The predicted octanol–water partition coefficient (Wildman–Crippen LogP) is 3.03. The molecule has 0 aliphatic carbocycles. The maximum Gasteiger partial charge on any atom is 0.240 e. The summed E-state index contributed by atoms with van der Waals surface area (Å²) in [7, 11) is -3.59. The summed E-state index contributed by atoms with van der Waals surface area (Å²) in [5.74, 6) is 0.376. The summed E-state index contributed by atoms with van der Waals surface area (Å²) in [6.45, 7) is 4.22. The van der Waals surface area contributed by atoms with Crippen LogP contribution in [0.25, 0.3) is 0 Å². The lowest BCUT2D eigenvalue weighted by Gasteiger charge is -2.22. The molecule has 0 spiro atoms. The molecule has 0 unspecified atom stereocenters. The number of nitrogens with one attached hydrogen (secondary N) is 1. The number of nitrogens with zero attached hydrogens (tertiary/aromatic N) is 1. The van der Waals surface area contributed by atoms with Gasteiger partial charge in [-0.25, -0.2) is 8.42 Å². The van der Waals surface area contributed by atoms with Gasteiger partial charge in [-0.15, -0.1) is 0 Å². The smallest absolute Gasteiger partial charge is 0.240 e. The molecular formula is C19H23BrN2O4S. The molecule has 2 aromatic rings. The van der Waals surface area contributed by atoms with Crippen LogP contribution in [0.4, 0.5) is 5.69 Å². The number of halogens is 1.